The highest BCUT2D eigenvalue weighted by atomic mass is 16.5. The zero-order valence-electron chi connectivity index (χ0n) is 10.3. The van der Waals surface area contributed by atoms with Crippen molar-refractivity contribution >= 4 is 0 Å². The van der Waals surface area contributed by atoms with Crippen LogP contribution in [0.25, 0.3) is 0 Å². The standard InChI is InChI=1S/C14H19NO2/c1-15-6-4-13(5-7-15)17-14-3-2-11-9-16-10-12(11)8-14/h2-3,8,13H,4-7,9-10H2,1H3. The Bertz CT molecular complexity index is 397. The van der Waals surface area contributed by atoms with Crippen LogP contribution in [0.3, 0.4) is 0 Å². The van der Waals surface area contributed by atoms with E-state index in [-0.39, 0.29) is 0 Å². The molecule has 1 aromatic carbocycles. The molecule has 92 valence electrons. The van der Waals surface area contributed by atoms with E-state index in [0.717, 1.165) is 44.9 Å². The van der Waals surface area contributed by atoms with Crippen LogP contribution in [0.2, 0.25) is 0 Å². The largest absolute Gasteiger partial charge is 0.490 e. The zero-order valence-corrected chi connectivity index (χ0v) is 10.3. The van der Waals surface area contributed by atoms with Gasteiger partial charge in [0, 0.05) is 13.1 Å². The summed E-state index contributed by atoms with van der Waals surface area (Å²) in [5.74, 6) is 1.00. The maximum atomic E-state index is 6.05. The van der Waals surface area contributed by atoms with Gasteiger partial charge in [-0.3, -0.25) is 0 Å². The van der Waals surface area contributed by atoms with Crippen molar-refractivity contribution in [2.75, 3.05) is 20.1 Å². The summed E-state index contributed by atoms with van der Waals surface area (Å²) in [5.41, 5.74) is 2.59. The highest BCUT2D eigenvalue weighted by Crippen LogP contribution is 2.26. The van der Waals surface area contributed by atoms with E-state index in [4.69, 9.17) is 9.47 Å². The predicted molar refractivity (Wildman–Crippen MR) is 66.1 cm³/mol. The Morgan fingerprint density at radius 2 is 1.94 bits per heavy atom. The van der Waals surface area contributed by atoms with E-state index in [1.807, 2.05) is 0 Å². The molecule has 2 heterocycles. The third kappa shape index (κ3) is 2.45. The number of likely N-dealkylation sites (tertiary alicyclic amines) is 1. The molecule has 2 aliphatic heterocycles. The molecule has 0 atom stereocenters. The molecule has 0 N–H and O–H groups in total. The van der Waals surface area contributed by atoms with E-state index in [1.54, 1.807) is 0 Å². The molecule has 2 aliphatic rings. The average molecular weight is 233 g/mol. The van der Waals surface area contributed by atoms with E-state index in [0.29, 0.717) is 6.10 Å². The molecule has 0 spiro atoms. The predicted octanol–water partition coefficient (Wildman–Crippen LogP) is 2.19. The molecule has 0 radical (unpaired) electrons. The summed E-state index contributed by atoms with van der Waals surface area (Å²) in [4.78, 5) is 2.36. The fourth-order valence-corrected chi connectivity index (χ4v) is 2.52. The first-order valence-corrected chi connectivity index (χ1v) is 6.36. The van der Waals surface area contributed by atoms with Gasteiger partial charge in [0.05, 0.1) is 13.2 Å². The van der Waals surface area contributed by atoms with Crippen LogP contribution in [0.5, 0.6) is 5.75 Å². The Kier molecular flexibility index (Phi) is 3.04. The lowest BCUT2D eigenvalue weighted by molar-refractivity contribution is 0.114. The highest BCUT2D eigenvalue weighted by Gasteiger charge is 2.19. The number of hydrogen-bond acceptors (Lipinski definition) is 3. The Morgan fingerprint density at radius 3 is 2.76 bits per heavy atom. The van der Waals surface area contributed by atoms with Crippen molar-refractivity contribution in [2.45, 2.75) is 32.2 Å². The molecule has 0 aliphatic carbocycles. The van der Waals surface area contributed by atoms with Crippen molar-refractivity contribution in [3.8, 4) is 5.75 Å². The second-order valence-electron chi connectivity index (χ2n) is 5.04. The van der Waals surface area contributed by atoms with Crippen molar-refractivity contribution in [1.29, 1.82) is 0 Å². The summed E-state index contributed by atoms with van der Waals surface area (Å²) in [7, 11) is 2.17. The molecule has 0 saturated carbocycles. The molecule has 0 amide bonds. The van der Waals surface area contributed by atoms with Gasteiger partial charge in [-0.2, -0.15) is 0 Å². The normalized spacial score (nSPS) is 21.5. The van der Waals surface area contributed by atoms with E-state index < -0.39 is 0 Å². The molecule has 1 fully saturated rings. The van der Waals surface area contributed by atoms with Gasteiger partial charge in [0.1, 0.15) is 11.9 Å². The number of rotatable bonds is 2. The van der Waals surface area contributed by atoms with Crippen LogP contribution in [0.1, 0.15) is 24.0 Å². The number of ether oxygens (including phenoxy) is 2. The van der Waals surface area contributed by atoms with Gasteiger partial charge in [0.25, 0.3) is 0 Å². The summed E-state index contributed by atoms with van der Waals surface area (Å²) in [6.45, 7) is 3.77. The first kappa shape index (κ1) is 11.1. The Hall–Kier alpha value is -1.06. The van der Waals surface area contributed by atoms with Crippen LogP contribution >= 0.6 is 0 Å². The number of benzene rings is 1. The van der Waals surface area contributed by atoms with Gasteiger partial charge in [-0.15, -0.1) is 0 Å². The third-order valence-corrected chi connectivity index (χ3v) is 3.66. The van der Waals surface area contributed by atoms with E-state index in [9.17, 15) is 0 Å². The van der Waals surface area contributed by atoms with Crippen molar-refractivity contribution in [3.05, 3.63) is 29.3 Å². The summed E-state index contributed by atoms with van der Waals surface area (Å²) < 4.78 is 11.5. The van der Waals surface area contributed by atoms with Gasteiger partial charge < -0.3 is 14.4 Å². The summed E-state index contributed by atoms with van der Waals surface area (Å²) in [6.07, 6.45) is 2.64. The summed E-state index contributed by atoms with van der Waals surface area (Å²) in [6, 6.07) is 6.35. The Morgan fingerprint density at radius 1 is 1.18 bits per heavy atom. The van der Waals surface area contributed by atoms with Gasteiger partial charge in [-0.25, -0.2) is 0 Å². The lowest BCUT2D eigenvalue weighted by atomic mass is 10.1. The fraction of sp³-hybridized carbons (Fsp3) is 0.571. The minimum atomic E-state index is 0.381. The SMILES string of the molecule is CN1CCC(Oc2ccc3c(c2)COC3)CC1. The average Bonchev–Trinajstić information content (AvgIpc) is 2.79. The van der Waals surface area contributed by atoms with Crippen molar-refractivity contribution in [2.24, 2.45) is 0 Å². The van der Waals surface area contributed by atoms with Crippen molar-refractivity contribution in [1.82, 2.24) is 4.90 Å². The molecule has 0 unspecified atom stereocenters. The number of hydrogen-bond donors (Lipinski definition) is 0. The molecule has 1 saturated heterocycles. The summed E-state index contributed by atoms with van der Waals surface area (Å²) in [5, 5.41) is 0. The molecule has 3 rings (SSSR count). The number of fused-ring (bicyclic) bond motifs is 1. The van der Waals surface area contributed by atoms with Crippen LogP contribution in [-0.2, 0) is 18.0 Å². The zero-order chi connectivity index (χ0) is 11.7. The lowest BCUT2D eigenvalue weighted by Gasteiger charge is -2.29. The van der Waals surface area contributed by atoms with E-state index in [2.05, 4.69) is 30.1 Å². The van der Waals surface area contributed by atoms with Gasteiger partial charge >= 0.3 is 0 Å². The second kappa shape index (κ2) is 4.67. The molecule has 17 heavy (non-hydrogen) atoms. The monoisotopic (exact) mass is 233 g/mol. The highest BCUT2D eigenvalue weighted by molar-refractivity contribution is 5.36. The molecule has 3 heteroatoms. The van der Waals surface area contributed by atoms with Crippen LogP contribution in [0.15, 0.2) is 18.2 Å². The van der Waals surface area contributed by atoms with Crippen molar-refractivity contribution in [3.63, 3.8) is 0 Å². The summed E-state index contributed by atoms with van der Waals surface area (Å²) >= 11 is 0. The molecule has 0 bridgehead atoms. The first-order valence-electron chi connectivity index (χ1n) is 6.36. The van der Waals surface area contributed by atoms with Gasteiger partial charge in [-0.05, 0) is 43.1 Å². The van der Waals surface area contributed by atoms with Gasteiger partial charge in [0.15, 0.2) is 0 Å². The number of nitrogens with zero attached hydrogens (tertiary/aromatic N) is 1. The van der Waals surface area contributed by atoms with Gasteiger partial charge in [-0.1, -0.05) is 6.07 Å². The maximum absolute atomic E-state index is 6.05. The Labute approximate surface area is 102 Å². The fourth-order valence-electron chi connectivity index (χ4n) is 2.52. The molecule has 0 aromatic heterocycles. The lowest BCUT2D eigenvalue weighted by Crippen LogP contribution is -2.35. The quantitative estimate of drug-likeness (QED) is 0.781. The van der Waals surface area contributed by atoms with Crippen molar-refractivity contribution < 1.29 is 9.47 Å². The first-order chi connectivity index (χ1) is 8.31. The smallest absolute Gasteiger partial charge is 0.120 e. The van der Waals surface area contributed by atoms with Crippen LogP contribution in [0.4, 0.5) is 0 Å². The van der Waals surface area contributed by atoms with Crippen LogP contribution in [0, 0.1) is 0 Å². The minimum absolute atomic E-state index is 0.381. The maximum Gasteiger partial charge on any atom is 0.120 e. The van der Waals surface area contributed by atoms with Crippen LogP contribution < -0.4 is 4.74 Å². The second-order valence-corrected chi connectivity index (χ2v) is 5.04. The molecular formula is C14H19NO2. The third-order valence-electron chi connectivity index (χ3n) is 3.66. The number of piperidine rings is 1. The Balaban J connectivity index is 1.65. The van der Waals surface area contributed by atoms with Crippen LogP contribution in [-0.4, -0.2) is 31.1 Å². The minimum Gasteiger partial charge on any atom is -0.490 e. The molecule has 1 aromatic rings. The van der Waals surface area contributed by atoms with Gasteiger partial charge in [0.2, 0.25) is 0 Å². The van der Waals surface area contributed by atoms with E-state index >= 15 is 0 Å². The molecule has 3 nitrogen and oxygen atoms in total. The molecular weight excluding hydrogens is 214 g/mol. The topological polar surface area (TPSA) is 21.7 Å². The van der Waals surface area contributed by atoms with E-state index in [1.165, 1.54) is 11.1 Å².